The van der Waals surface area contributed by atoms with Gasteiger partial charge in [-0.1, -0.05) is 37.2 Å². The summed E-state index contributed by atoms with van der Waals surface area (Å²) in [5.41, 5.74) is 6.12. The van der Waals surface area contributed by atoms with Crippen LogP contribution in [0.4, 0.5) is 0 Å². The zero-order valence-corrected chi connectivity index (χ0v) is 12.4. The summed E-state index contributed by atoms with van der Waals surface area (Å²) in [7, 11) is 3.66. The van der Waals surface area contributed by atoms with Crippen molar-refractivity contribution in [1.29, 1.82) is 0 Å². The molecule has 0 aromatic heterocycles. The third-order valence-electron chi connectivity index (χ3n) is 3.97. The molecule has 0 spiro atoms. The SMILES string of the molecule is Cc1c([Si])ccc(C2=CC(C)(C)CCC2)c1C. The summed E-state index contributed by atoms with van der Waals surface area (Å²) in [6, 6.07) is 4.44. The third-order valence-corrected chi connectivity index (χ3v) is 4.51. The molecule has 1 heteroatoms. The quantitative estimate of drug-likeness (QED) is 0.658. The van der Waals surface area contributed by atoms with Gasteiger partial charge in [-0.15, -0.1) is 0 Å². The average molecular weight is 241 g/mol. The Hall–Kier alpha value is -0.823. The number of rotatable bonds is 1. The molecular formula is C16H21Si. The van der Waals surface area contributed by atoms with Gasteiger partial charge in [0.25, 0.3) is 0 Å². The first-order valence-electron chi connectivity index (χ1n) is 6.45. The van der Waals surface area contributed by atoms with Gasteiger partial charge in [0.1, 0.15) is 0 Å². The van der Waals surface area contributed by atoms with E-state index >= 15 is 0 Å². The van der Waals surface area contributed by atoms with E-state index in [0.717, 1.165) is 0 Å². The molecule has 1 aromatic rings. The summed E-state index contributed by atoms with van der Waals surface area (Å²) in [4.78, 5) is 0. The van der Waals surface area contributed by atoms with Crippen molar-refractivity contribution in [2.75, 3.05) is 0 Å². The molecule has 1 aliphatic carbocycles. The van der Waals surface area contributed by atoms with E-state index in [9.17, 15) is 0 Å². The molecule has 2 rings (SSSR count). The van der Waals surface area contributed by atoms with Crippen LogP contribution >= 0.6 is 0 Å². The van der Waals surface area contributed by atoms with E-state index in [-0.39, 0.29) is 0 Å². The average Bonchev–Trinajstić information content (AvgIpc) is 2.25. The number of benzene rings is 1. The van der Waals surface area contributed by atoms with Crippen molar-refractivity contribution in [3.05, 3.63) is 34.9 Å². The summed E-state index contributed by atoms with van der Waals surface area (Å²) < 4.78 is 0. The van der Waals surface area contributed by atoms with Crippen LogP contribution < -0.4 is 5.19 Å². The van der Waals surface area contributed by atoms with Gasteiger partial charge in [-0.05, 0) is 60.8 Å². The van der Waals surface area contributed by atoms with Gasteiger partial charge in [-0.25, -0.2) is 0 Å². The van der Waals surface area contributed by atoms with Gasteiger partial charge < -0.3 is 0 Å². The van der Waals surface area contributed by atoms with Crippen LogP contribution in [0, 0.1) is 19.3 Å². The lowest BCUT2D eigenvalue weighted by molar-refractivity contribution is 0.410. The Labute approximate surface area is 109 Å². The molecule has 1 aromatic carbocycles. The molecule has 0 nitrogen and oxygen atoms in total. The highest BCUT2D eigenvalue weighted by atomic mass is 28.1. The lowest BCUT2D eigenvalue weighted by Gasteiger charge is -2.28. The van der Waals surface area contributed by atoms with E-state index in [1.54, 1.807) is 0 Å². The molecule has 0 fully saturated rings. The molecule has 0 saturated carbocycles. The number of hydrogen-bond acceptors (Lipinski definition) is 0. The van der Waals surface area contributed by atoms with Gasteiger partial charge in [0, 0.05) is 0 Å². The second-order valence-electron chi connectivity index (χ2n) is 5.92. The van der Waals surface area contributed by atoms with E-state index in [0.29, 0.717) is 5.41 Å². The lowest BCUT2D eigenvalue weighted by Crippen LogP contribution is -2.15. The Kier molecular flexibility index (Phi) is 3.31. The summed E-state index contributed by atoms with van der Waals surface area (Å²) in [5.74, 6) is 0. The first-order valence-corrected chi connectivity index (χ1v) is 6.95. The van der Waals surface area contributed by atoms with E-state index in [4.69, 9.17) is 0 Å². The molecule has 0 saturated heterocycles. The second-order valence-corrected chi connectivity index (χ2v) is 6.46. The second kappa shape index (κ2) is 4.45. The molecule has 0 aliphatic heterocycles. The van der Waals surface area contributed by atoms with E-state index in [1.807, 2.05) is 0 Å². The number of hydrogen-bond donors (Lipinski definition) is 0. The smallest absolute Gasteiger partial charge is 0.0715 e. The normalized spacial score (nSPS) is 19.0. The Bertz CT molecular complexity index is 467. The molecule has 17 heavy (non-hydrogen) atoms. The highest BCUT2D eigenvalue weighted by molar-refractivity contribution is 6.33. The Balaban J connectivity index is 2.48. The first-order chi connectivity index (χ1) is 7.91. The maximum atomic E-state index is 3.66. The molecule has 0 bridgehead atoms. The molecule has 1 aliphatic rings. The van der Waals surface area contributed by atoms with Crippen molar-refractivity contribution in [3.8, 4) is 0 Å². The van der Waals surface area contributed by atoms with Crippen molar-refractivity contribution in [3.63, 3.8) is 0 Å². The highest BCUT2D eigenvalue weighted by Gasteiger charge is 2.21. The first kappa shape index (κ1) is 12.6. The third kappa shape index (κ3) is 2.55. The summed E-state index contributed by atoms with van der Waals surface area (Å²) in [6.07, 6.45) is 6.33. The van der Waals surface area contributed by atoms with Crippen molar-refractivity contribution in [2.24, 2.45) is 5.41 Å². The molecule has 89 valence electrons. The fraction of sp³-hybridized carbons (Fsp3) is 0.500. The zero-order chi connectivity index (χ0) is 12.6. The van der Waals surface area contributed by atoms with Gasteiger partial charge in [0.2, 0.25) is 0 Å². The molecule has 0 atom stereocenters. The fourth-order valence-corrected chi connectivity index (χ4v) is 3.00. The topological polar surface area (TPSA) is 0 Å². The minimum absolute atomic E-state index is 0.362. The largest absolute Gasteiger partial charge is 0.0750 e. The van der Waals surface area contributed by atoms with Crippen LogP contribution in [-0.4, -0.2) is 10.2 Å². The van der Waals surface area contributed by atoms with Crippen LogP contribution in [0.3, 0.4) is 0 Å². The van der Waals surface area contributed by atoms with Gasteiger partial charge in [0.15, 0.2) is 0 Å². The maximum absolute atomic E-state index is 3.66. The van der Waals surface area contributed by atoms with Crippen molar-refractivity contribution < 1.29 is 0 Å². The molecule has 0 N–H and O–H groups in total. The predicted molar refractivity (Wildman–Crippen MR) is 76.9 cm³/mol. The van der Waals surface area contributed by atoms with Gasteiger partial charge in [0.05, 0.1) is 10.2 Å². The van der Waals surface area contributed by atoms with Crippen LogP contribution in [-0.2, 0) is 0 Å². The summed E-state index contributed by atoms with van der Waals surface area (Å²) >= 11 is 0. The van der Waals surface area contributed by atoms with Crippen molar-refractivity contribution >= 4 is 21.0 Å². The Morgan fingerprint density at radius 1 is 1.12 bits per heavy atom. The Morgan fingerprint density at radius 3 is 2.47 bits per heavy atom. The van der Waals surface area contributed by atoms with Gasteiger partial charge >= 0.3 is 0 Å². The highest BCUT2D eigenvalue weighted by Crippen LogP contribution is 2.38. The van der Waals surface area contributed by atoms with Crippen molar-refractivity contribution in [2.45, 2.75) is 47.0 Å². The summed E-state index contributed by atoms with van der Waals surface area (Å²) in [5, 5.41) is 1.21. The molecular weight excluding hydrogens is 220 g/mol. The molecule has 0 unspecified atom stereocenters. The monoisotopic (exact) mass is 241 g/mol. The van der Waals surface area contributed by atoms with Crippen LogP contribution in [0.1, 0.15) is 49.8 Å². The predicted octanol–water partition coefficient (Wildman–Crippen LogP) is 3.69. The lowest BCUT2D eigenvalue weighted by atomic mass is 9.77. The van der Waals surface area contributed by atoms with E-state index < -0.39 is 0 Å². The van der Waals surface area contributed by atoms with Gasteiger partial charge in [-0.3, -0.25) is 0 Å². The van der Waals surface area contributed by atoms with Crippen molar-refractivity contribution in [1.82, 2.24) is 0 Å². The van der Waals surface area contributed by atoms with Gasteiger partial charge in [-0.2, -0.15) is 0 Å². The molecule has 3 radical (unpaired) electrons. The minimum atomic E-state index is 0.362. The number of allylic oxidation sites excluding steroid dienone is 2. The maximum Gasteiger partial charge on any atom is 0.0715 e. The van der Waals surface area contributed by atoms with Crippen LogP contribution in [0.2, 0.25) is 0 Å². The standard InChI is InChI=1S/C16H21Si/c1-11-12(2)15(17)8-7-14(11)13-6-5-9-16(3,4)10-13/h7-8,10H,5-6,9H2,1-4H3. The van der Waals surface area contributed by atoms with Crippen LogP contribution in [0.15, 0.2) is 18.2 Å². The minimum Gasteiger partial charge on any atom is -0.0750 e. The van der Waals surface area contributed by atoms with Crippen LogP contribution in [0.5, 0.6) is 0 Å². The molecule has 0 amide bonds. The van der Waals surface area contributed by atoms with E-state index in [1.165, 1.54) is 46.7 Å². The summed E-state index contributed by atoms with van der Waals surface area (Å²) in [6.45, 7) is 9.10. The zero-order valence-electron chi connectivity index (χ0n) is 11.4. The Morgan fingerprint density at radius 2 is 1.82 bits per heavy atom. The van der Waals surface area contributed by atoms with E-state index in [2.05, 4.69) is 56.1 Å². The van der Waals surface area contributed by atoms with Crippen LogP contribution in [0.25, 0.3) is 5.57 Å². The molecule has 0 heterocycles. The fourth-order valence-electron chi connectivity index (χ4n) is 2.73.